The van der Waals surface area contributed by atoms with Crippen molar-refractivity contribution in [2.45, 2.75) is 38.2 Å². The third-order valence-corrected chi connectivity index (χ3v) is 4.77. The van der Waals surface area contributed by atoms with Gasteiger partial charge in [-0.15, -0.1) is 0 Å². The summed E-state index contributed by atoms with van der Waals surface area (Å²) in [6.45, 7) is 5.24. The van der Waals surface area contributed by atoms with Gasteiger partial charge in [-0.05, 0) is 30.5 Å². The van der Waals surface area contributed by atoms with E-state index in [0.29, 0.717) is 17.3 Å². The highest BCUT2D eigenvalue weighted by atomic mass is 32.2. The molecule has 0 spiro atoms. The van der Waals surface area contributed by atoms with E-state index in [4.69, 9.17) is 0 Å². The van der Waals surface area contributed by atoms with Crippen molar-refractivity contribution in [3.05, 3.63) is 41.2 Å². The molecule has 2 aromatic rings. The maximum absolute atomic E-state index is 12.5. The number of rotatable bonds is 5. The van der Waals surface area contributed by atoms with Crippen molar-refractivity contribution in [1.29, 1.82) is 0 Å². The summed E-state index contributed by atoms with van der Waals surface area (Å²) in [7, 11) is -3.79. The van der Waals surface area contributed by atoms with Gasteiger partial charge in [-0.3, -0.25) is 9.82 Å². The van der Waals surface area contributed by atoms with E-state index >= 15 is 0 Å². The zero-order chi connectivity index (χ0) is 15.6. The topological polar surface area (TPSA) is 95.1 Å². The average Bonchev–Trinajstić information content (AvgIpc) is 2.80. The number of nitrogens with zero attached hydrogens (tertiary/aromatic N) is 1. The zero-order valence-electron chi connectivity index (χ0n) is 12.2. The van der Waals surface area contributed by atoms with Crippen LogP contribution < -0.4 is 4.72 Å². The predicted molar refractivity (Wildman–Crippen MR) is 80.6 cm³/mol. The smallest absolute Gasteiger partial charge is 0.265 e. The fourth-order valence-electron chi connectivity index (χ4n) is 2.10. The lowest BCUT2D eigenvalue weighted by Gasteiger charge is -2.11. The van der Waals surface area contributed by atoms with E-state index in [9.17, 15) is 13.5 Å². The highest BCUT2D eigenvalue weighted by Crippen LogP contribution is 2.24. The molecule has 0 saturated carbocycles. The van der Waals surface area contributed by atoms with Crippen LogP contribution in [0.1, 0.15) is 36.7 Å². The molecule has 0 amide bonds. The van der Waals surface area contributed by atoms with Gasteiger partial charge >= 0.3 is 0 Å². The molecule has 1 aromatic heterocycles. The Balaban J connectivity index is 2.38. The number of aryl methyl sites for hydroxylation is 1. The number of aromatic nitrogens is 2. The first-order valence-corrected chi connectivity index (χ1v) is 8.11. The van der Waals surface area contributed by atoms with Crippen molar-refractivity contribution in [1.82, 2.24) is 10.2 Å². The molecule has 0 atom stereocenters. The molecule has 1 aromatic carbocycles. The molecule has 0 bridgehead atoms. The lowest BCUT2D eigenvalue weighted by atomic mass is 10.0. The van der Waals surface area contributed by atoms with Crippen LogP contribution in [-0.4, -0.2) is 23.7 Å². The fraction of sp³-hybridized carbons (Fsp3) is 0.357. The summed E-state index contributed by atoms with van der Waals surface area (Å²) in [4.78, 5) is -0.0000463. The Bertz CT molecular complexity index is 736. The lowest BCUT2D eigenvalue weighted by Crippen LogP contribution is -2.15. The van der Waals surface area contributed by atoms with Crippen molar-refractivity contribution < 1.29 is 13.5 Å². The first kappa shape index (κ1) is 15.5. The second kappa shape index (κ2) is 5.87. The molecule has 0 fully saturated rings. The predicted octanol–water partition coefficient (Wildman–Crippen LogP) is 2.13. The molecule has 2 rings (SSSR count). The highest BCUT2D eigenvalue weighted by molar-refractivity contribution is 7.92. The normalized spacial score (nSPS) is 11.9. The summed E-state index contributed by atoms with van der Waals surface area (Å²) in [6.07, 6.45) is 0. The van der Waals surface area contributed by atoms with E-state index in [1.165, 1.54) is 0 Å². The van der Waals surface area contributed by atoms with Gasteiger partial charge in [0.2, 0.25) is 0 Å². The van der Waals surface area contributed by atoms with Gasteiger partial charge in [0, 0.05) is 5.69 Å². The Labute approximate surface area is 124 Å². The van der Waals surface area contributed by atoms with Crippen molar-refractivity contribution >= 4 is 15.7 Å². The molecule has 114 valence electrons. The fourth-order valence-corrected chi connectivity index (χ4v) is 3.51. The largest absolute Gasteiger partial charge is 0.390 e. The van der Waals surface area contributed by atoms with Gasteiger partial charge in [-0.2, -0.15) is 5.10 Å². The molecule has 0 aliphatic carbocycles. The third kappa shape index (κ3) is 3.25. The van der Waals surface area contributed by atoms with Gasteiger partial charge in [0.15, 0.2) is 0 Å². The van der Waals surface area contributed by atoms with Crippen LogP contribution in [0.2, 0.25) is 0 Å². The molecular formula is C14H19N3O3S. The van der Waals surface area contributed by atoms with Gasteiger partial charge in [0.1, 0.15) is 10.6 Å². The molecule has 3 N–H and O–H groups in total. The van der Waals surface area contributed by atoms with Crippen LogP contribution in [0.25, 0.3) is 0 Å². The number of aromatic amines is 1. The number of benzene rings is 1. The molecule has 0 unspecified atom stereocenters. The minimum atomic E-state index is -3.79. The van der Waals surface area contributed by atoms with Crippen LogP contribution in [0.5, 0.6) is 0 Å². The Morgan fingerprint density at radius 2 is 2.10 bits per heavy atom. The third-order valence-electron chi connectivity index (χ3n) is 3.19. The Hall–Kier alpha value is -1.86. The van der Waals surface area contributed by atoms with Crippen LogP contribution in [-0.2, 0) is 16.6 Å². The number of nitrogens with one attached hydrogen (secondary N) is 2. The molecule has 0 saturated heterocycles. The van der Waals surface area contributed by atoms with E-state index in [1.807, 2.05) is 26.0 Å². The van der Waals surface area contributed by atoms with E-state index < -0.39 is 16.6 Å². The first-order chi connectivity index (χ1) is 9.85. The lowest BCUT2D eigenvalue weighted by molar-refractivity contribution is 0.273. The average molecular weight is 309 g/mol. The van der Waals surface area contributed by atoms with Gasteiger partial charge in [-0.1, -0.05) is 26.0 Å². The number of anilines is 1. The quantitative estimate of drug-likeness (QED) is 0.788. The molecule has 7 heteroatoms. The van der Waals surface area contributed by atoms with Crippen LogP contribution in [0, 0.1) is 6.92 Å². The van der Waals surface area contributed by atoms with Crippen molar-refractivity contribution in [3.8, 4) is 0 Å². The number of sulfonamides is 1. The standard InChI is InChI=1S/C14H19N3O3S/c1-9(2)11-5-4-6-12(7-11)17-21(19,20)14-10(3)15-16-13(14)8-18/h4-7,9,17-18H,8H2,1-3H3,(H,15,16). The number of hydrogen-bond acceptors (Lipinski definition) is 4. The van der Waals surface area contributed by atoms with Gasteiger partial charge in [-0.25, -0.2) is 8.42 Å². The maximum Gasteiger partial charge on any atom is 0.265 e. The van der Waals surface area contributed by atoms with Crippen LogP contribution >= 0.6 is 0 Å². The van der Waals surface area contributed by atoms with E-state index in [1.54, 1.807) is 19.1 Å². The summed E-state index contributed by atoms with van der Waals surface area (Å²) in [6, 6.07) is 7.25. The monoisotopic (exact) mass is 309 g/mol. The minimum Gasteiger partial charge on any atom is -0.390 e. The Morgan fingerprint density at radius 1 is 1.38 bits per heavy atom. The molecular weight excluding hydrogens is 290 g/mol. The number of H-pyrrole nitrogens is 1. The number of aliphatic hydroxyl groups excluding tert-OH is 1. The second-order valence-corrected chi connectivity index (χ2v) is 6.79. The minimum absolute atomic E-state index is 0.0000463. The van der Waals surface area contributed by atoms with Crippen LogP contribution in [0.3, 0.4) is 0 Å². The molecule has 1 heterocycles. The molecule has 0 radical (unpaired) electrons. The van der Waals surface area contributed by atoms with Crippen LogP contribution in [0.4, 0.5) is 5.69 Å². The summed E-state index contributed by atoms with van der Waals surface area (Å²) in [5, 5.41) is 15.6. The summed E-state index contributed by atoms with van der Waals surface area (Å²) < 4.78 is 27.5. The molecule has 6 nitrogen and oxygen atoms in total. The van der Waals surface area contributed by atoms with Gasteiger partial charge in [0.25, 0.3) is 10.0 Å². The maximum atomic E-state index is 12.5. The highest BCUT2D eigenvalue weighted by Gasteiger charge is 2.24. The van der Waals surface area contributed by atoms with Crippen LogP contribution in [0.15, 0.2) is 29.2 Å². The van der Waals surface area contributed by atoms with E-state index in [0.717, 1.165) is 5.56 Å². The van der Waals surface area contributed by atoms with Crippen molar-refractivity contribution in [2.75, 3.05) is 4.72 Å². The second-order valence-electron chi connectivity index (χ2n) is 5.17. The number of hydrogen-bond donors (Lipinski definition) is 3. The van der Waals surface area contributed by atoms with Gasteiger partial charge < -0.3 is 5.11 Å². The first-order valence-electron chi connectivity index (χ1n) is 6.62. The van der Waals surface area contributed by atoms with E-state index in [2.05, 4.69) is 14.9 Å². The van der Waals surface area contributed by atoms with E-state index in [-0.39, 0.29) is 10.6 Å². The zero-order valence-corrected chi connectivity index (χ0v) is 13.0. The number of aliphatic hydroxyl groups is 1. The Morgan fingerprint density at radius 3 is 2.71 bits per heavy atom. The van der Waals surface area contributed by atoms with Gasteiger partial charge in [0.05, 0.1) is 12.3 Å². The molecule has 21 heavy (non-hydrogen) atoms. The Kier molecular flexibility index (Phi) is 4.34. The summed E-state index contributed by atoms with van der Waals surface area (Å²) in [5.74, 6) is 0.304. The van der Waals surface area contributed by atoms with Crippen molar-refractivity contribution in [3.63, 3.8) is 0 Å². The SMILES string of the molecule is Cc1[nH]nc(CO)c1S(=O)(=O)Nc1cccc(C(C)C)c1. The molecule has 0 aliphatic heterocycles. The summed E-state index contributed by atoms with van der Waals surface area (Å²) >= 11 is 0. The molecule has 0 aliphatic rings. The summed E-state index contributed by atoms with van der Waals surface area (Å²) in [5.41, 5.74) is 2.04. The van der Waals surface area contributed by atoms with Crippen molar-refractivity contribution in [2.24, 2.45) is 0 Å².